The fourth-order valence-electron chi connectivity index (χ4n) is 8.07. The summed E-state index contributed by atoms with van der Waals surface area (Å²) in [5.74, 6) is 0.742. The summed E-state index contributed by atoms with van der Waals surface area (Å²) >= 11 is 0. The Kier molecular flexibility index (Phi) is 14.3. The first-order valence-corrected chi connectivity index (χ1v) is 21.8. The molecule has 2 saturated heterocycles. The Hall–Kier alpha value is -5.09. The van der Waals surface area contributed by atoms with Gasteiger partial charge in [-0.15, -0.1) is 0 Å². The molecule has 1 amide bonds. The second kappa shape index (κ2) is 20.0. The summed E-state index contributed by atoms with van der Waals surface area (Å²) in [5.41, 5.74) is 4.00. The Balaban J connectivity index is 0.909. The number of amides is 1. The Morgan fingerprint density at radius 2 is 1.63 bits per heavy atom. The predicted molar refractivity (Wildman–Crippen MR) is 224 cm³/mol. The second-order valence-electron chi connectivity index (χ2n) is 15.3. The minimum absolute atomic E-state index is 0.00654. The van der Waals surface area contributed by atoms with Gasteiger partial charge in [-0.1, -0.05) is 54.1 Å². The van der Waals surface area contributed by atoms with Crippen LogP contribution in [0.25, 0.3) is 10.8 Å². The molecule has 320 valence electrons. The van der Waals surface area contributed by atoms with E-state index in [0.717, 1.165) is 47.8 Å². The lowest BCUT2D eigenvalue weighted by Gasteiger charge is -2.41. The number of nitriles is 1. The van der Waals surface area contributed by atoms with E-state index in [9.17, 15) is 23.6 Å². The van der Waals surface area contributed by atoms with Crippen LogP contribution in [-0.4, -0.2) is 144 Å². The van der Waals surface area contributed by atoms with Crippen LogP contribution in [0.15, 0.2) is 71.6 Å². The van der Waals surface area contributed by atoms with Crippen LogP contribution in [0.5, 0.6) is 6.01 Å². The number of nitrogens with zero attached hydrogens (tertiary/aromatic N) is 7. The molecular formula is C43H53N7O9S. The molecule has 1 aromatic heterocycles. The molecule has 7 rings (SSSR count). The minimum atomic E-state index is -3.82. The Bertz CT molecular complexity index is 2240. The number of aromatic nitrogens is 2. The number of hydrogen-bond acceptors (Lipinski definition) is 14. The van der Waals surface area contributed by atoms with Gasteiger partial charge >= 0.3 is 12.1 Å². The van der Waals surface area contributed by atoms with Crippen LogP contribution >= 0.6 is 0 Å². The van der Waals surface area contributed by atoms with Crippen molar-refractivity contribution in [2.75, 3.05) is 95.8 Å². The van der Waals surface area contributed by atoms with Crippen LogP contribution in [0.3, 0.4) is 0 Å². The van der Waals surface area contributed by atoms with Gasteiger partial charge in [-0.2, -0.15) is 23.6 Å². The number of carbonyl (C=O) groups is 1. The van der Waals surface area contributed by atoms with Gasteiger partial charge in [-0.3, -0.25) is 9.08 Å². The lowest BCUT2D eigenvalue weighted by molar-refractivity contribution is -0.0103. The molecule has 3 aliphatic heterocycles. The number of carboxylic acid groups (broad SMARTS) is 1. The van der Waals surface area contributed by atoms with Gasteiger partial charge in [-0.25, -0.2) is 4.79 Å². The maximum absolute atomic E-state index is 12.3. The molecule has 0 aliphatic carbocycles. The average molecular weight is 844 g/mol. The van der Waals surface area contributed by atoms with Crippen molar-refractivity contribution in [2.45, 2.75) is 55.8 Å². The summed E-state index contributed by atoms with van der Waals surface area (Å²) in [6, 6.07) is 23.2. The molecule has 0 bridgehead atoms. The molecule has 16 nitrogen and oxygen atoms in total. The van der Waals surface area contributed by atoms with E-state index in [1.165, 1.54) is 27.8 Å². The smallest absolute Gasteiger partial charge is 0.407 e. The molecule has 0 unspecified atom stereocenters. The van der Waals surface area contributed by atoms with Gasteiger partial charge in [0, 0.05) is 55.4 Å². The van der Waals surface area contributed by atoms with Crippen LogP contribution < -0.4 is 14.5 Å². The molecule has 0 radical (unpaired) electrons. The fourth-order valence-corrected chi connectivity index (χ4v) is 8.96. The number of piperazine rings is 1. The van der Waals surface area contributed by atoms with Crippen LogP contribution in [0, 0.1) is 18.3 Å². The summed E-state index contributed by atoms with van der Waals surface area (Å²) in [5, 5.41) is 21.7. The third-order valence-electron chi connectivity index (χ3n) is 11.3. The molecule has 2 fully saturated rings. The maximum Gasteiger partial charge on any atom is 0.407 e. The first kappa shape index (κ1) is 43.0. The minimum Gasteiger partial charge on any atom is -0.465 e. The van der Waals surface area contributed by atoms with E-state index in [4.69, 9.17) is 33.1 Å². The average Bonchev–Trinajstić information content (AvgIpc) is 3.61. The highest BCUT2D eigenvalue weighted by Gasteiger charge is 2.35. The van der Waals surface area contributed by atoms with Crippen LogP contribution in [-0.2, 0) is 41.5 Å². The monoisotopic (exact) mass is 843 g/mol. The zero-order valence-electron chi connectivity index (χ0n) is 34.1. The standard InChI is InChI=1S/C43H53N7O9S/c1-31-10-12-36(13-11-31)60(53,54)59-25-23-56-21-20-55-22-24-57-35-26-34(47(2)28-35)30-58-42-45-39-29-48(40-9-5-7-32-6-3-4-8-37(32)40)17-15-38(39)41(46-42)49-18-19-50(43(51)52)33(27-49)14-16-44/h3-13,33-35H,14-15,17-30H2,1-2H3,(H,51,52)/t33-,34-,35+/m0/s1. The van der Waals surface area contributed by atoms with Gasteiger partial charge in [0.15, 0.2) is 0 Å². The van der Waals surface area contributed by atoms with Crippen molar-refractivity contribution in [1.29, 1.82) is 5.26 Å². The van der Waals surface area contributed by atoms with Gasteiger partial charge in [0.2, 0.25) is 0 Å². The molecule has 0 spiro atoms. The topological polar surface area (TPSA) is 180 Å². The number of anilines is 2. The fraction of sp³-hybridized carbons (Fsp3) is 0.488. The quantitative estimate of drug-likeness (QED) is 0.109. The van der Waals surface area contributed by atoms with Gasteiger partial charge in [-0.05, 0) is 50.4 Å². The summed E-state index contributed by atoms with van der Waals surface area (Å²) in [6.07, 6.45) is 0.517. The third-order valence-corrected chi connectivity index (χ3v) is 12.6. The molecular weight excluding hydrogens is 791 g/mol. The number of benzene rings is 3. The predicted octanol–water partition coefficient (Wildman–Crippen LogP) is 4.49. The number of fused-ring (bicyclic) bond motifs is 2. The molecule has 3 atom stereocenters. The number of aryl methyl sites for hydroxylation is 1. The third kappa shape index (κ3) is 10.6. The number of rotatable bonds is 18. The van der Waals surface area contributed by atoms with Gasteiger partial charge in [0.25, 0.3) is 10.1 Å². The highest BCUT2D eigenvalue weighted by molar-refractivity contribution is 7.86. The molecule has 1 N–H and O–H groups in total. The largest absolute Gasteiger partial charge is 0.465 e. The molecule has 0 saturated carbocycles. The number of likely N-dealkylation sites (N-methyl/N-ethyl adjacent to an activating group) is 1. The molecule has 3 aliphatic rings. The first-order chi connectivity index (χ1) is 29.1. The van der Waals surface area contributed by atoms with Crippen molar-refractivity contribution in [3.63, 3.8) is 0 Å². The van der Waals surface area contributed by atoms with E-state index in [1.807, 2.05) is 20.0 Å². The van der Waals surface area contributed by atoms with Crippen molar-refractivity contribution in [3.8, 4) is 12.1 Å². The summed E-state index contributed by atoms with van der Waals surface area (Å²) in [7, 11) is -1.78. The van der Waals surface area contributed by atoms with Crippen molar-refractivity contribution < 1.29 is 41.4 Å². The summed E-state index contributed by atoms with van der Waals surface area (Å²) < 4.78 is 53.3. The zero-order chi connectivity index (χ0) is 42.1. The normalized spacial score (nSPS) is 19.7. The SMILES string of the molecule is Cc1ccc(S(=O)(=O)OCCOCCOCCO[C@@H]2C[C@@H](COc3nc4c(c(N5CCN(C(=O)O)[C@@H](CC#N)C5)n3)CCN(c3cccc5ccccc35)C4)N(C)C2)cc1. The number of ether oxygens (including phenoxy) is 4. The molecule has 4 aromatic rings. The summed E-state index contributed by atoms with van der Waals surface area (Å²) in [6.45, 7) is 6.84. The van der Waals surface area contributed by atoms with E-state index >= 15 is 0 Å². The van der Waals surface area contributed by atoms with E-state index in [2.05, 4.69) is 57.2 Å². The van der Waals surface area contributed by atoms with Crippen molar-refractivity contribution in [3.05, 3.63) is 83.6 Å². The van der Waals surface area contributed by atoms with Crippen LogP contribution in [0.1, 0.15) is 29.7 Å². The zero-order valence-corrected chi connectivity index (χ0v) is 35.0. The highest BCUT2D eigenvalue weighted by atomic mass is 32.2. The van der Waals surface area contributed by atoms with E-state index in [1.54, 1.807) is 12.1 Å². The highest BCUT2D eigenvalue weighted by Crippen LogP contribution is 2.35. The van der Waals surface area contributed by atoms with E-state index in [0.29, 0.717) is 59.1 Å². The van der Waals surface area contributed by atoms with Crippen molar-refractivity contribution >= 4 is 38.5 Å². The van der Waals surface area contributed by atoms with Gasteiger partial charge in [0.1, 0.15) is 12.4 Å². The van der Waals surface area contributed by atoms with Crippen molar-refractivity contribution in [2.24, 2.45) is 0 Å². The molecule has 3 aromatic carbocycles. The Morgan fingerprint density at radius 1 is 0.883 bits per heavy atom. The maximum atomic E-state index is 12.3. The molecule has 60 heavy (non-hydrogen) atoms. The number of hydrogen-bond donors (Lipinski definition) is 1. The molecule has 17 heteroatoms. The lowest BCUT2D eigenvalue weighted by Crippen LogP contribution is -2.55. The van der Waals surface area contributed by atoms with Crippen molar-refractivity contribution in [1.82, 2.24) is 19.8 Å². The van der Waals surface area contributed by atoms with Crippen LogP contribution in [0.2, 0.25) is 0 Å². The van der Waals surface area contributed by atoms with Gasteiger partial charge < -0.3 is 38.8 Å². The van der Waals surface area contributed by atoms with Crippen LogP contribution in [0.4, 0.5) is 16.3 Å². The first-order valence-electron chi connectivity index (χ1n) is 20.4. The van der Waals surface area contributed by atoms with Gasteiger partial charge in [0.05, 0.1) is 81.4 Å². The lowest BCUT2D eigenvalue weighted by atomic mass is 10.0. The molecule has 4 heterocycles. The Morgan fingerprint density at radius 3 is 2.42 bits per heavy atom. The summed E-state index contributed by atoms with van der Waals surface area (Å²) in [4.78, 5) is 30.1. The van der Waals surface area contributed by atoms with E-state index in [-0.39, 0.29) is 49.2 Å². The van der Waals surface area contributed by atoms with E-state index < -0.39 is 22.3 Å². The number of likely N-dealkylation sites (tertiary alicyclic amines) is 1. The second-order valence-corrected chi connectivity index (χ2v) is 16.9. The Labute approximate surface area is 351 Å².